The van der Waals surface area contributed by atoms with Crippen molar-refractivity contribution in [3.8, 4) is 0 Å². The number of ether oxygens (including phenoxy) is 1. The fourth-order valence-corrected chi connectivity index (χ4v) is 3.50. The Morgan fingerprint density at radius 1 is 1.37 bits per heavy atom. The zero-order valence-corrected chi connectivity index (χ0v) is 15.8. The van der Waals surface area contributed by atoms with E-state index in [4.69, 9.17) is 22.1 Å². The van der Waals surface area contributed by atoms with E-state index in [9.17, 15) is 24.5 Å². The number of hydrogen-bond donors (Lipinski definition) is 2. The summed E-state index contributed by atoms with van der Waals surface area (Å²) < 4.78 is 4.95. The quantitative estimate of drug-likeness (QED) is 0.424. The second-order valence-electron chi connectivity index (χ2n) is 5.22. The van der Waals surface area contributed by atoms with Crippen LogP contribution in [-0.4, -0.2) is 29.3 Å². The predicted molar refractivity (Wildman–Crippen MR) is 99.6 cm³/mol. The lowest BCUT2D eigenvalue weighted by Gasteiger charge is -2.08. The topological polar surface area (TPSA) is 142 Å². The van der Waals surface area contributed by atoms with Crippen LogP contribution in [0.2, 0.25) is 5.02 Å². The minimum Gasteiger partial charge on any atom is -0.462 e. The van der Waals surface area contributed by atoms with E-state index in [0.717, 1.165) is 23.5 Å². The fourth-order valence-electron chi connectivity index (χ4n) is 2.26. The highest BCUT2D eigenvalue weighted by Gasteiger charge is 2.26. The van der Waals surface area contributed by atoms with Crippen molar-refractivity contribution in [3.63, 3.8) is 0 Å². The number of primary amides is 1. The number of carbonyl (C=O) groups is 3. The lowest BCUT2D eigenvalue weighted by atomic mass is 10.1. The number of hydrogen-bond acceptors (Lipinski definition) is 7. The number of nitrogens with one attached hydrogen (secondary N) is 1. The molecule has 0 radical (unpaired) electrons. The van der Waals surface area contributed by atoms with Gasteiger partial charge in [-0.25, -0.2) is 4.79 Å². The molecule has 0 unspecified atom stereocenters. The average molecular weight is 412 g/mol. The molecule has 0 spiro atoms. The molecule has 9 nitrogen and oxygen atoms in total. The normalized spacial score (nSPS) is 10.3. The second kappa shape index (κ2) is 8.14. The van der Waals surface area contributed by atoms with Crippen LogP contribution < -0.4 is 11.1 Å². The van der Waals surface area contributed by atoms with E-state index in [0.29, 0.717) is 0 Å². The Labute approximate surface area is 162 Å². The summed E-state index contributed by atoms with van der Waals surface area (Å²) >= 11 is 6.76. The molecular weight excluding hydrogens is 398 g/mol. The SMILES string of the molecule is CCOC(=O)c1c(NC(=O)c2cc([N+](=O)[O-])ccc2Cl)sc(C(N)=O)c1C. The number of benzene rings is 1. The Morgan fingerprint density at radius 3 is 2.59 bits per heavy atom. The van der Waals surface area contributed by atoms with E-state index >= 15 is 0 Å². The number of carbonyl (C=O) groups excluding carboxylic acids is 3. The number of nitro benzene ring substituents is 1. The number of nitrogens with zero attached hydrogens (tertiary/aromatic N) is 1. The molecule has 1 heterocycles. The van der Waals surface area contributed by atoms with Crippen LogP contribution in [0.5, 0.6) is 0 Å². The molecule has 3 N–H and O–H groups in total. The lowest BCUT2D eigenvalue weighted by molar-refractivity contribution is -0.384. The molecule has 0 fully saturated rings. The van der Waals surface area contributed by atoms with Gasteiger partial charge in [0, 0.05) is 12.1 Å². The van der Waals surface area contributed by atoms with Crippen molar-refractivity contribution in [1.82, 2.24) is 0 Å². The Morgan fingerprint density at radius 2 is 2.04 bits per heavy atom. The van der Waals surface area contributed by atoms with E-state index in [1.807, 2.05) is 0 Å². The van der Waals surface area contributed by atoms with E-state index in [1.165, 1.54) is 13.0 Å². The maximum atomic E-state index is 12.6. The van der Waals surface area contributed by atoms with E-state index in [1.54, 1.807) is 6.92 Å². The minimum absolute atomic E-state index is 0.00875. The number of non-ortho nitro benzene ring substituents is 1. The minimum atomic E-state index is -0.786. The molecule has 11 heteroatoms. The molecule has 1 aromatic carbocycles. The Bertz CT molecular complexity index is 956. The summed E-state index contributed by atoms with van der Waals surface area (Å²) in [6, 6.07) is 3.39. The van der Waals surface area contributed by atoms with Crippen LogP contribution in [0, 0.1) is 17.0 Å². The van der Waals surface area contributed by atoms with Crippen molar-refractivity contribution >= 4 is 51.4 Å². The molecule has 0 aliphatic rings. The van der Waals surface area contributed by atoms with Crippen LogP contribution >= 0.6 is 22.9 Å². The van der Waals surface area contributed by atoms with Crippen molar-refractivity contribution in [2.24, 2.45) is 5.73 Å². The van der Waals surface area contributed by atoms with Crippen molar-refractivity contribution < 1.29 is 24.0 Å². The Hall–Kier alpha value is -2.98. The van der Waals surface area contributed by atoms with Gasteiger partial charge >= 0.3 is 5.97 Å². The smallest absolute Gasteiger partial charge is 0.341 e. The molecule has 0 atom stereocenters. The fraction of sp³-hybridized carbons (Fsp3) is 0.188. The number of thiophene rings is 1. The molecule has 2 rings (SSSR count). The van der Waals surface area contributed by atoms with Gasteiger partial charge in [-0.1, -0.05) is 11.6 Å². The molecular formula is C16H14ClN3O6S. The van der Waals surface area contributed by atoms with Gasteiger partial charge in [-0.05, 0) is 25.5 Å². The molecule has 2 aromatic rings. The van der Waals surface area contributed by atoms with Crippen molar-refractivity contribution in [3.05, 3.63) is 54.9 Å². The monoisotopic (exact) mass is 411 g/mol. The first-order valence-electron chi connectivity index (χ1n) is 7.52. The zero-order valence-electron chi connectivity index (χ0n) is 14.2. The molecule has 142 valence electrons. The number of anilines is 1. The lowest BCUT2D eigenvalue weighted by Crippen LogP contribution is -2.15. The number of rotatable bonds is 6. The summed E-state index contributed by atoms with van der Waals surface area (Å²) in [5.41, 5.74) is 5.08. The van der Waals surface area contributed by atoms with E-state index in [2.05, 4.69) is 5.32 Å². The molecule has 0 aliphatic carbocycles. The number of amides is 2. The van der Waals surface area contributed by atoms with Gasteiger partial charge in [-0.2, -0.15) is 0 Å². The van der Waals surface area contributed by atoms with Gasteiger partial charge in [-0.3, -0.25) is 19.7 Å². The largest absolute Gasteiger partial charge is 0.462 e. The van der Waals surface area contributed by atoms with Crippen molar-refractivity contribution in [2.75, 3.05) is 11.9 Å². The van der Waals surface area contributed by atoms with Gasteiger partial charge in [0.05, 0.1) is 32.6 Å². The predicted octanol–water partition coefficient (Wildman–Crippen LogP) is 3.15. The molecule has 1 aromatic heterocycles. The van der Waals surface area contributed by atoms with E-state index in [-0.39, 0.29) is 43.9 Å². The Kier molecular flexibility index (Phi) is 6.13. The van der Waals surface area contributed by atoms with Gasteiger partial charge in [-0.15, -0.1) is 11.3 Å². The molecule has 0 bridgehead atoms. The first-order valence-corrected chi connectivity index (χ1v) is 8.72. The molecule has 27 heavy (non-hydrogen) atoms. The van der Waals surface area contributed by atoms with Gasteiger partial charge in [0.15, 0.2) is 0 Å². The summed E-state index contributed by atoms with van der Waals surface area (Å²) in [5.74, 6) is -2.29. The summed E-state index contributed by atoms with van der Waals surface area (Å²) in [6.45, 7) is 3.19. The maximum Gasteiger partial charge on any atom is 0.341 e. The van der Waals surface area contributed by atoms with Crippen LogP contribution in [0.4, 0.5) is 10.7 Å². The summed E-state index contributed by atoms with van der Waals surface area (Å²) in [4.78, 5) is 46.7. The number of halogens is 1. The van der Waals surface area contributed by atoms with Gasteiger partial charge in [0.25, 0.3) is 17.5 Å². The van der Waals surface area contributed by atoms with Crippen LogP contribution in [-0.2, 0) is 4.74 Å². The average Bonchev–Trinajstić information content (AvgIpc) is 2.91. The molecule has 2 amide bonds. The zero-order chi connectivity index (χ0) is 20.3. The third kappa shape index (κ3) is 4.23. The van der Waals surface area contributed by atoms with E-state index < -0.39 is 22.7 Å². The highest BCUT2D eigenvalue weighted by Crippen LogP contribution is 2.34. The van der Waals surface area contributed by atoms with Gasteiger partial charge in [0.1, 0.15) is 5.00 Å². The summed E-state index contributed by atoms with van der Waals surface area (Å²) in [5, 5.41) is 13.4. The first-order chi connectivity index (χ1) is 12.7. The Balaban J connectivity index is 2.47. The van der Waals surface area contributed by atoms with Gasteiger partial charge < -0.3 is 15.8 Å². The van der Waals surface area contributed by atoms with Crippen LogP contribution in [0.1, 0.15) is 42.9 Å². The highest BCUT2D eigenvalue weighted by atomic mass is 35.5. The maximum absolute atomic E-state index is 12.6. The van der Waals surface area contributed by atoms with Crippen LogP contribution in [0.15, 0.2) is 18.2 Å². The number of nitro groups is 1. The first kappa shape index (κ1) is 20.3. The van der Waals surface area contributed by atoms with Gasteiger partial charge in [0.2, 0.25) is 0 Å². The third-order valence-electron chi connectivity index (χ3n) is 3.48. The van der Waals surface area contributed by atoms with Crippen LogP contribution in [0.25, 0.3) is 0 Å². The van der Waals surface area contributed by atoms with Crippen molar-refractivity contribution in [2.45, 2.75) is 13.8 Å². The number of esters is 1. The summed E-state index contributed by atoms with van der Waals surface area (Å²) in [7, 11) is 0. The summed E-state index contributed by atoms with van der Waals surface area (Å²) in [6.07, 6.45) is 0. The van der Waals surface area contributed by atoms with Crippen LogP contribution in [0.3, 0.4) is 0 Å². The number of nitrogens with two attached hydrogens (primary N) is 1. The molecule has 0 saturated carbocycles. The molecule has 0 aliphatic heterocycles. The molecule has 0 saturated heterocycles. The third-order valence-corrected chi connectivity index (χ3v) is 5.03. The second-order valence-corrected chi connectivity index (χ2v) is 6.65. The highest BCUT2D eigenvalue weighted by molar-refractivity contribution is 7.18. The van der Waals surface area contributed by atoms with Crippen molar-refractivity contribution in [1.29, 1.82) is 0 Å². The standard InChI is InChI=1S/C16H14ClN3O6S/c1-3-26-16(23)11-7(2)12(13(18)21)27-15(11)19-14(22)9-6-8(20(24)25)4-5-10(9)17/h4-6H,3H2,1-2H3,(H2,18,21)(H,19,22).